The van der Waals surface area contributed by atoms with Crippen LogP contribution in [0.2, 0.25) is 5.02 Å². The number of hydrogen-bond donors (Lipinski definition) is 1. The Hall–Kier alpha value is -1.01. The van der Waals surface area contributed by atoms with Crippen LogP contribution in [0.3, 0.4) is 0 Å². The first-order valence-corrected chi connectivity index (χ1v) is 4.61. The van der Waals surface area contributed by atoms with E-state index in [2.05, 4.69) is 4.74 Å². The van der Waals surface area contributed by atoms with Crippen molar-refractivity contribution < 1.29 is 22.3 Å². The normalized spacial score (nSPS) is 13.6. The highest BCUT2D eigenvalue weighted by atomic mass is 35.5. The van der Waals surface area contributed by atoms with Crippen LogP contribution in [0.25, 0.3) is 0 Å². The molecule has 0 aliphatic heterocycles. The standard InChI is InChI=1S/C9H8ClF4NO/c10-5-2-1-3-6(11)8(5)16-7(4-15)9(12,13)14/h1-3,7H,4,15H2. The molecule has 16 heavy (non-hydrogen) atoms. The molecule has 0 saturated heterocycles. The molecule has 1 atom stereocenters. The van der Waals surface area contributed by atoms with Gasteiger partial charge in [-0.25, -0.2) is 4.39 Å². The van der Waals surface area contributed by atoms with Crippen LogP contribution in [0.4, 0.5) is 17.6 Å². The van der Waals surface area contributed by atoms with E-state index in [-0.39, 0.29) is 5.02 Å². The van der Waals surface area contributed by atoms with Crippen LogP contribution in [0.15, 0.2) is 18.2 Å². The van der Waals surface area contributed by atoms with Crippen LogP contribution in [-0.2, 0) is 0 Å². The van der Waals surface area contributed by atoms with E-state index in [4.69, 9.17) is 17.3 Å². The lowest BCUT2D eigenvalue weighted by molar-refractivity contribution is -0.192. The van der Waals surface area contributed by atoms with Gasteiger partial charge in [0.1, 0.15) is 0 Å². The molecule has 0 spiro atoms. The molecule has 1 aromatic carbocycles. The maximum Gasteiger partial charge on any atom is 0.426 e. The van der Waals surface area contributed by atoms with Crippen molar-refractivity contribution >= 4 is 11.6 Å². The molecule has 0 aliphatic rings. The fourth-order valence-corrected chi connectivity index (χ4v) is 1.19. The minimum atomic E-state index is -4.67. The molecular weight excluding hydrogens is 250 g/mol. The fourth-order valence-electron chi connectivity index (χ4n) is 0.986. The molecule has 0 aliphatic carbocycles. The number of alkyl halides is 3. The summed E-state index contributed by atoms with van der Waals surface area (Å²) in [6, 6.07) is 3.44. The number of halogens is 5. The summed E-state index contributed by atoms with van der Waals surface area (Å²) in [6.45, 7) is -0.811. The molecule has 1 rings (SSSR count). The van der Waals surface area contributed by atoms with Crippen LogP contribution in [0.1, 0.15) is 0 Å². The molecule has 0 saturated carbocycles. The van der Waals surface area contributed by atoms with Gasteiger partial charge < -0.3 is 10.5 Å². The van der Waals surface area contributed by atoms with Crippen LogP contribution in [-0.4, -0.2) is 18.8 Å². The Kier molecular flexibility index (Phi) is 3.98. The maximum absolute atomic E-state index is 13.1. The Morgan fingerprint density at radius 2 is 2.00 bits per heavy atom. The van der Waals surface area contributed by atoms with Crippen LogP contribution >= 0.6 is 11.6 Å². The second-order valence-corrected chi connectivity index (χ2v) is 3.34. The van der Waals surface area contributed by atoms with Gasteiger partial charge in [-0.3, -0.25) is 0 Å². The van der Waals surface area contributed by atoms with Crippen molar-refractivity contribution in [3.8, 4) is 5.75 Å². The quantitative estimate of drug-likeness (QED) is 0.845. The number of hydrogen-bond acceptors (Lipinski definition) is 2. The van der Waals surface area contributed by atoms with Gasteiger partial charge in [0.25, 0.3) is 0 Å². The third kappa shape index (κ3) is 2.99. The molecule has 1 unspecified atom stereocenters. The highest BCUT2D eigenvalue weighted by Crippen LogP contribution is 2.31. The van der Waals surface area contributed by atoms with Crippen molar-refractivity contribution in [3.63, 3.8) is 0 Å². The first-order chi connectivity index (χ1) is 7.36. The molecular formula is C9H8ClF4NO. The highest BCUT2D eigenvalue weighted by Gasteiger charge is 2.41. The minimum absolute atomic E-state index is 0.234. The summed E-state index contributed by atoms with van der Waals surface area (Å²) >= 11 is 5.51. The lowest BCUT2D eigenvalue weighted by atomic mass is 10.3. The lowest BCUT2D eigenvalue weighted by Gasteiger charge is -2.20. The number of rotatable bonds is 3. The van der Waals surface area contributed by atoms with Gasteiger partial charge in [0.05, 0.1) is 5.02 Å². The Labute approximate surface area is 93.9 Å². The molecule has 0 aromatic heterocycles. The summed E-state index contributed by atoms with van der Waals surface area (Å²) in [4.78, 5) is 0. The van der Waals surface area contributed by atoms with Gasteiger partial charge in [-0.1, -0.05) is 17.7 Å². The average molecular weight is 258 g/mol. The Morgan fingerprint density at radius 3 is 2.44 bits per heavy atom. The van der Waals surface area contributed by atoms with Gasteiger partial charge in [-0.2, -0.15) is 13.2 Å². The second-order valence-electron chi connectivity index (χ2n) is 2.93. The van der Waals surface area contributed by atoms with Crippen molar-refractivity contribution in [1.29, 1.82) is 0 Å². The van der Waals surface area contributed by atoms with E-state index in [0.29, 0.717) is 0 Å². The smallest absolute Gasteiger partial charge is 0.426 e. The zero-order chi connectivity index (χ0) is 12.3. The number of benzene rings is 1. The molecule has 1 aromatic rings. The molecule has 0 heterocycles. The van der Waals surface area contributed by atoms with Crippen molar-refractivity contribution in [3.05, 3.63) is 29.0 Å². The summed E-state index contributed by atoms with van der Waals surface area (Å²) in [5.41, 5.74) is 4.90. The van der Waals surface area contributed by atoms with E-state index >= 15 is 0 Å². The van der Waals surface area contributed by atoms with Crippen LogP contribution in [0.5, 0.6) is 5.75 Å². The summed E-state index contributed by atoms with van der Waals surface area (Å²) in [7, 11) is 0. The third-order valence-corrected chi connectivity index (χ3v) is 2.06. The van der Waals surface area contributed by atoms with Crippen LogP contribution < -0.4 is 10.5 Å². The summed E-state index contributed by atoms with van der Waals surface area (Å²) in [5.74, 6) is -1.60. The van der Waals surface area contributed by atoms with Gasteiger partial charge in [0, 0.05) is 6.54 Å². The average Bonchev–Trinajstić information content (AvgIpc) is 2.15. The van der Waals surface area contributed by atoms with Gasteiger partial charge in [0.2, 0.25) is 6.10 Å². The number of ether oxygens (including phenoxy) is 1. The van der Waals surface area contributed by atoms with E-state index in [1.807, 2.05) is 0 Å². The monoisotopic (exact) mass is 257 g/mol. The Bertz CT molecular complexity index is 349. The minimum Gasteiger partial charge on any atom is -0.475 e. The fraction of sp³-hybridized carbons (Fsp3) is 0.333. The predicted octanol–water partition coefficient (Wildman–Crippen LogP) is 2.75. The Morgan fingerprint density at radius 1 is 1.38 bits per heavy atom. The van der Waals surface area contributed by atoms with Crippen molar-refractivity contribution in [1.82, 2.24) is 0 Å². The summed E-state index contributed by atoms with van der Waals surface area (Å²) in [6.07, 6.45) is -6.94. The maximum atomic E-state index is 13.1. The zero-order valence-electron chi connectivity index (χ0n) is 7.89. The Balaban J connectivity index is 2.95. The first kappa shape index (κ1) is 13.1. The molecule has 0 radical (unpaired) electrons. The van der Waals surface area contributed by atoms with Crippen molar-refractivity contribution in [2.24, 2.45) is 5.73 Å². The molecule has 0 fully saturated rings. The predicted molar refractivity (Wildman–Crippen MR) is 50.9 cm³/mol. The third-order valence-electron chi connectivity index (χ3n) is 1.76. The number of para-hydroxylation sites is 1. The topological polar surface area (TPSA) is 35.2 Å². The van der Waals surface area contributed by atoms with Gasteiger partial charge in [-0.15, -0.1) is 0 Å². The van der Waals surface area contributed by atoms with Crippen LogP contribution in [0, 0.1) is 5.82 Å². The first-order valence-electron chi connectivity index (χ1n) is 4.23. The highest BCUT2D eigenvalue weighted by molar-refractivity contribution is 6.32. The molecule has 2 N–H and O–H groups in total. The second kappa shape index (κ2) is 4.88. The van der Waals surface area contributed by atoms with Gasteiger partial charge in [0.15, 0.2) is 11.6 Å². The number of nitrogens with two attached hydrogens (primary N) is 1. The van der Waals surface area contributed by atoms with E-state index in [9.17, 15) is 17.6 Å². The molecule has 2 nitrogen and oxygen atoms in total. The van der Waals surface area contributed by atoms with Crippen molar-refractivity contribution in [2.45, 2.75) is 12.3 Å². The van der Waals surface area contributed by atoms with Crippen molar-refractivity contribution in [2.75, 3.05) is 6.54 Å². The van der Waals surface area contributed by atoms with E-state index in [1.54, 1.807) is 0 Å². The summed E-state index contributed by atoms with van der Waals surface area (Å²) < 4.78 is 54.4. The molecule has 0 bridgehead atoms. The molecule has 90 valence electrons. The molecule has 7 heteroatoms. The molecule has 0 amide bonds. The largest absolute Gasteiger partial charge is 0.475 e. The zero-order valence-corrected chi connectivity index (χ0v) is 8.65. The van der Waals surface area contributed by atoms with E-state index in [0.717, 1.165) is 6.07 Å². The summed E-state index contributed by atoms with van der Waals surface area (Å²) in [5, 5.41) is -0.234. The van der Waals surface area contributed by atoms with E-state index < -0.39 is 30.4 Å². The lowest BCUT2D eigenvalue weighted by Crippen LogP contribution is -2.41. The van der Waals surface area contributed by atoms with Gasteiger partial charge in [-0.05, 0) is 12.1 Å². The van der Waals surface area contributed by atoms with E-state index in [1.165, 1.54) is 12.1 Å². The van der Waals surface area contributed by atoms with Gasteiger partial charge >= 0.3 is 6.18 Å². The SMILES string of the molecule is NCC(Oc1c(F)cccc1Cl)C(F)(F)F.